The van der Waals surface area contributed by atoms with Crippen molar-refractivity contribution in [2.75, 3.05) is 4.72 Å². The summed E-state index contributed by atoms with van der Waals surface area (Å²) in [6.07, 6.45) is 0. The van der Waals surface area contributed by atoms with Crippen LogP contribution in [0.25, 0.3) is 0 Å². The number of ether oxygens (including phenoxy) is 1. The van der Waals surface area contributed by atoms with Gasteiger partial charge in [0.2, 0.25) is 0 Å². The van der Waals surface area contributed by atoms with E-state index in [1.165, 1.54) is 16.8 Å². The SMILES string of the molecule is Cc1ccc(S(=O)(=O)Nc2c(C)nn(COc3cccc(F)c3)c2C)cc1. The lowest BCUT2D eigenvalue weighted by atomic mass is 10.2. The Morgan fingerprint density at radius 1 is 1.11 bits per heavy atom. The molecule has 2 aromatic carbocycles. The van der Waals surface area contributed by atoms with Gasteiger partial charge in [0.15, 0.2) is 6.73 Å². The molecule has 27 heavy (non-hydrogen) atoms. The van der Waals surface area contributed by atoms with Crippen LogP contribution < -0.4 is 9.46 Å². The number of sulfonamides is 1. The van der Waals surface area contributed by atoms with Crippen LogP contribution in [0.5, 0.6) is 5.75 Å². The maximum Gasteiger partial charge on any atom is 0.262 e. The van der Waals surface area contributed by atoms with Crippen LogP contribution in [0.2, 0.25) is 0 Å². The molecule has 0 atom stereocenters. The number of anilines is 1. The first kappa shape index (κ1) is 18.9. The van der Waals surface area contributed by atoms with Crippen molar-refractivity contribution in [1.82, 2.24) is 9.78 Å². The van der Waals surface area contributed by atoms with Crippen molar-refractivity contribution in [1.29, 1.82) is 0 Å². The fourth-order valence-electron chi connectivity index (χ4n) is 2.57. The van der Waals surface area contributed by atoms with Crippen LogP contribution in [0.1, 0.15) is 17.0 Å². The summed E-state index contributed by atoms with van der Waals surface area (Å²) in [5.41, 5.74) is 2.49. The van der Waals surface area contributed by atoms with Crippen molar-refractivity contribution in [3.8, 4) is 5.75 Å². The highest BCUT2D eigenvalue weighted by Crippen LogP contribution is 2.24. The van der Waals surface area contributed by atoms with Gasteiger partial charge >= 0.3 is 0 Å². The fraction of sp³-hybridized carbons (Fsp3) is 0.211. The van der Waals surface area contributed by atoms with Crippen LogP contribution >= 0.6 is 0 Å². The molecule has 6 nitrogen and oxygen atoms in total. The maximum atomic E-state index is 13.2. The number of aryl methyl sites for hydroxylation is 2. The molecule has 3 aromatic rings. The Bertz CT molecular complexity index is 1060. The first-order valence-electron chi connectivity index (χ1n) is 8.28. The summed E-state index contributed by atoms with van der Waals surface area (Å²) >= 11 is 0. The molecule has 3 rings (SSSR count). The average molecular weight is 389 g/mol. The molecule has 1 aromatic heterocycles. The van der Waals surface area contributed by atoms with E-state index in [1.54, 1.807) is 50.2 Å². The first-order valence-corrected chi connectivity index (χ1v) is 9.76. The molecule has 0 aliphatic heterocycles. The number of rotatable bonds is 6. The standard InChI is InChI=1S/C19H20FN3O3S/c1-13-7-9-18(10-8-13)27(24,25)22-19-14(2)21-23(15(19)3)12-26-17-6-4-5-16(20)11-17/h4-11,22H,12H2,1-3H3. The van der Waals surface area contributed by atoms with Crippen molar-refractivity contribution >= 4 is 15.7 Å². The van der Waals surface area contributed by atoms with Crippen LogP contribution in [-0.4, -0.2) is 18.2 Å². The van der Waals surface area contributed by atoms with E-state index in [9.17, 15) is 12.8 Å². The lowest BCUT2D eigenvalue weighted by Gasteiger charge is -2.10. The van der Waals surface area contributed by atoms with E-state index in [2.05, 4.69) is 9.82 Å². The maximum absolute atomic E-state index is 13.2. The van der Waals surface area contributed by atoms with Crippen molar-refractivity contribution in [3.63, 3.8) is 0 Å². The van der Waals surface area contributed by atoms with Crippen LogP contribution in [-0.2, 0) is 16.8 Å². The van der Waals surface area contributed by atoms with E-state index in [1.807, 2.05) is 6.92 Å². The summed E-state index contributed by atoms with van der Waals surface area (Å²) in [5.74, 6) is -0.0308. The van der Waals surface area contributed by atoms with Gasteiger partial charge in [-0.2, -0.15) is 5.10 Å². The molecule has 0 amide bonds. The van der Waals surface area contributed by atoms with Gasteiger partial charge in [0.25, 0.3) is 10.0 Å². The second-order valence-electron chi connectivity index (χ2n) is 6.19. The van der Waals surface area contributed by atoms with Crippen molar-refractivity contribution in [3.05, 3.63) is 71.3 Å². The topological polar surface area (TPSA) is 73.2 Å². The molecule has 0 unspecified atom stereocenters. The summed E-state index contributed by atoms with van der Waals surface area (Å²) in [6, 6.07) is 12.4. The van der Waals surface area contributed by atoms with E-state index < -0.39 is 15.8 Å². The number of benzene rings is 2. The highest BCUT2D eigenvalue weighted by molar-refractivity contribution is 7.92. The number of hydrogen-bond donors (Lipinski definition) is 1. The quantitative estimate of drug-likeness (QED) is 0.696. The molecule has 0 saturated carbocycles. The minimum Gasteiger partial charge on any atom is -0.471 e. The highest BCUT2D eigenvalue weighted by Gasteiger charge is 2.20. The molecule has 0 aliphatic carbocycles. The molecule has 8 heteroatoms. The van der Waals surface area contributed by atoms with Gasteiger partial charge in [0, 0.05) is 6.07 Å². The Morgan fingerprint density at radius 2 is 1.81 bits per heavy atom. The lowest BCUT2D eigenvalue weighted by molar-refractivity contribution is 0.217. The second-order valence-corrected chi connectivity index (χ2v) is 7.88. The Labute approximate surface area is 157 Å². The van der Waals surface area contributed by atoms with E-state index in [0.29, 0.717) is 22.8 Å². The monoisotopic (exact) mass is 389 g/mol. The van der Waals surface area contributed by atoms with E-state index >= 15 is 0 Å². The zero-order valence-corrected chi connectivity index (χ0v) is 16.0. The third-order valence-electron chi connectivity index (χ3n) is 4.10. The van der Waals surface area contributed by atoms with Crippen LogP contribution in [0, 0.1) is 26.6 Å². The number of nitrogens with one attached hydrogen (secondary N) is 1. The molecular weight excluding hydrogens is 369 g/mol. The van der Waals surface area contributed by atoms with Gasteiger partial charge in [-0.1, -0.05) is 23.8 Å². The molecule has 0 saturated heterocycles. The van der Waals surface area contributed by atoms with E-state index in [4.69, 9.17) is 4.74 Å². The number of aromatic nitrogens is 2. The molecule has 0 spiro atoms. The predicted molar refractivity (Wildman–Crippen MR) is 101 cm³/mol. The summed E-state index contributed by atoms with van der Waals surface area (Å²) in [7, 11) is -3.73. The molecule has 0 fully saturated rings. The van der Waals surface area contributed by atoms with E-state index in [0.717, 1.165) is 5.56 Å². The Kier molecular flexibility index (Phi) is 5.18. The second kappa shape index (κ2) is 7.40. The third kappa shape index (κ3) is 4.28. The van der Waals surface area contributed by atoms with Crippen LogP contribution in [0.15, 0.2) is 53.4 Å². The largest absolute Gasteiger partial charge is 0.471 e. The van der Waals surface area contributed by atoms with Gasteiger partial charge < -0.3 is 4.74 Å². The molecular formula is C19H20FN3O3S. The van der Waals surface area contributed by atoms with Crippen LogP contribution in [0.3, 0.4) is 0 Å². The molecule has 0 aliphatic rings. The molecule has 1 heterocycles. The normalized spacial score (nSPS) is 11.4. The minimum absolute atomic E-state index is 0.0301. The van der Waals surface area contributed by atoms with Crippen molar-refractivity contribution in [2.45, 2.75) is 32.4 Å². The van der Waals surface area contributed by atoms with Crippen LogP contribution in [0.4, 0.5) is 10.1 Å². The molecule has 0 radical (unpaired) electrons. The van der Waals surface area contributed by atoms with Crippen molar-refractivity contribution < 1.29 is 17.5 Å². The first-order chi connectivity index (χ1) is 12.8. The Hall–Kier alpha value is -2.87. The smallest absolute Gasteiger partial charge is 0.262 e. The Morgan fingerprint density at radius 3 is 2.48 bits per heavy atom. The summed E-state index contributed by atoms with van der Waals surface area (Å²) in [5, 5.41) is 4.31. The summed E-state index contributed by atoms with van der Waals surface area (Å²) < 4.78 is 48.1. The fourth-order valence-corrected chi connectivity index (χ4v) is 3.75. The molecule has 0 bridgehead atoms. The van der Waals surface area contributed by atoms with Gasteiger partial charge in [-0.25, -0.2) is 17.5 Å². The number of hydrogen-bond acceptors (Lipinski definition) is 4. The highest BCUT2D eigenvalue weighted by atomic mass is 32.2. The van der Waals surface area contributed by atoms with Gasteiger partial charge in [-0.3, -0.25) is 4.72 Å². The third-order valence-corrected chi connectivity index (χ3v) is 5.46. The van der Waals surface area contributed by atoms with Gasteiger partial charge in [-0.15, -0.1) is 0 Å². The number of nitrogens with zero attached hydrogens (tertiary/aromatic N) is 2. The molecule has 1 N–H and O–H groups in total. The van der Waals surface area contributed by atoms with E-state index in [-0.39, 0.29) is 11.6 Å². The lowest BCUT2D eigenvalue weighted by Crippen LogP contribution is -2.14. The van der Waals surface area contributed by atoms with Crippen molar-refractivity contribution in [2.24, 2.45) is 0 Å². The Balaban J connectivity index is 1.80. The van der Waals surface area contributed by atoms with Gasteiger partial charge in [-0.05, 0) is 45.0 Å². The summed E-state index contributed by atoms with van der Waals surface area (Å²) in [6.45, 7) is 5.36. The van der Waals surface area contributed by atoms with Gasteiger partial charge in [0.1, 0.15) is 11.6 Å². The number of halogens is 1. The minimum atomic E-state index is -3.73. The zero-order valence-electron chi connectivity index (χ0n) is 15.2. The predicted octanol–water partition coefficient (Wildman–Crippen LogP) is 3.78. The van der Waals surface area contributed by atoms with Gasteiger partial charge in [0.05, 0.1) is 22.0 Å². The molecule has 142 valence electrons. The zero-order chi connectivity index (χ0) is 19.6. The average Bonchev–Trinajstić information content (AvgIpc) is 2.88. The summed E-state index contributed by atoms with van der Waals surface area (Å²) in [4.78, 5) is 0.177.